The third-order valence-electron chi connectivity index (χ3n) is 3.23. The molecule has 2 N–H and O–H groups in total. The second-order valence-electron chi connectivity index (χ2n) is 4.78. The van der Waals surface area contributed by atoms with Crippen LogP contribution in [0.3, 0.4) is 0 Å². The van der Waals surface area contributed by atoms with Gasteiger partial charge < -0.3 is 10.1 Å². The Bertz CT molecular complexity index is 890. The van der Waals surface area contributed by atoms with Gasteiger partial charge in [-0.3, -0.25) is 9.89 Å². The van der Waals surface area contributed by atoms with Crippen molar-refractivity contribution in [3.8, 4) is 10.6 Å². The molecule has 2 heterocycles. The van der Waals surface area contributed by atoms with Crippen molar-refractivity contribution in [2.75, 3.05) is 12.4 Å². The number of aromatic nitrogens is 2. The lowest BCUT2D eigenvalue weighted by Gasteiger charge is -2.07. The van der Waals surface area contributed by atoms with E-state index in [9.17, 15) is 9.59 Å². The van der Waals surface area contributed by atoms with E-state index in [2.05, 4.69) is 20.3 Å². The van der Waals surface area contributed by atoms with E-state index in [1.165, 1.54) is 19.2 Å². The minimum absolute atomic E-state index is 0.179. The molecule has 8 heteroatoms. The summed E-state index contributed by atoms with van der Waals surface area (Å²) in [6.45, 7) is 0. The van der Waals surface area contributed by atoms with Gasteiger partial charge >= 0.3 is 5.97 Å². The normalized spacial score (nSPS) is 10.4. The van der Waals surface area contributed by atoms with E-state index in [1.54, 1.807) is 23.5 Å². The molecular formula is C16H12ClN3O3S. The van der Waals surface area contributed by atoms with E-state index in [1.807, 2.05) is 17.5 Å². The molecule has 0 atom stereocenters. The van der Waals surface area contributed by atoms with Gasteiger partial charge in [0, 0.05) is 5.69 Å². The molecule has 0 radical (unpaired) electrons. The summed E-state index contributed by atoms with van der Waals surface area (Å²) in [6.07, 6.45) is 0. The van der Waals surface area contributed by atoms with Gasteiger partial charge in [0.2, 0.25) is 0 Å². The van der Waals surface area contributed by atoms with Gasteiger partial charge in [-0.25, -0.2) is 4.79 Å². The van der Waals surface area contributed by atoms with Crippen LogP contribution in [0.2, 0.25) is 5.02 Å². The third kappa shape index (κ3) is 3.32. The number of carbonyl (C=O) groups excluding carboxylic acids is 2. The van der Waals surface area contributed by atoms with Crippen LogP contribution in [0.4, 0.5) is 5.69 Å². The number of carbonyl (C=O) groups is 2. The number of esters is 1. The predicted molar refractivity (Wildman–Crippen MR) is 92.6 cm³/mol. The van der Waals surface area contributed by atoms with Gasteiger partial charge in [0.05, 0.1) is 28.3 Å². The smallest absolute Gasteiger partial charge is 0.339 e. The number of halogens is 1. The third-order valence-corrected chi connectivity index (χ3v) is 4.46. The average molecular weight is 362 g/mol. The average Bonchev–Trinajstić information content (AvgIpc) is 3.26. The number of benzene rings is 1. The number of anilines is 1. The van der Waals surface area contributed by atoms with E-state index >= 15 is 0 Å². The molecule has 122 valence electrons. The summed E-state index contributed by atoms with van der Waals surface area (Å²) in [7, 11) is 1.26. The largest absolute Gasteiger partial charge is 0.465 e. The molecule has 3 rings (SSSR count). The van der Waals surface area contributed by atoms with Crippen LogP contribution in [-0.4, -0.2) is 29.2 Å². The topological polar surface area (TPSA) is 84.1 Å². The number of methoxy groups -OCH3 is 1. The van der Waals surface area contributed by atoms with Gasteiger partial charge in [-0.1, -0.05) is 17.7 Å². The summed E-state index contributed by atoms with van der Waals surface area (Å²) in [5.74, 6) is -0.969. The molecule has 2 aromatic heterocycles. The first kappa shape index (κ1) is 16.2. The van der Waals surface area contributed by atoms with E-state index in [0.29, 0.717) is 5.69 Å². The summed E-state index contributed by atoms with van der Waals surface area (Å²) < 4.78 is 4.65. The number of hydrogen-bond acceptors (Lipinski definition) is 5. The first-order valence-corrected chi connectivity index (χ1v) is 8.12. The van der Waals surface area contributed by atoms with Crippen molar-refractivity contribution >= 4 is 40.5 Å². The fourth-order valence-corrected chi connectivity index (χ4v) is 2.95. The van der Waals surface area contributed by atoms with Crippen LogP contribution in [0.25, 0.3) is 10.6 Å². The molecule has 0 spiro atoms. The summed E-state index contributed by atoms with van der Waals surface area (Å²) in [4.78, 5) is 24.9. The molecule has 0 aliphatic carbocycles. The number of rotatable bonds is 4. The monoisotopic (exact) mass is 361 g/mol. The summed E-state index contributed by atoms with van der Waals surface area (Å²) in [5, 5.41) is 11.7. The molecule has 24 heavy (non-hydrogen) atoms. The minimum atomic E-state index is -0.573. The second kappa shape index (κ2) is 6.86. The van der Waals surface area contributed by atoms with Crippen molar-refractivity contribution in [2.45, 2.75) is 0 Å². The number of hydrogen-bond donors (Lipinski definition) is 2. The fourth-order valence-electron chi connectivity index (χ4n) is 2.06. The van der Waals surface area contributed by atoms with E-state index in [-0.39, 0.29) is 16.3 Å². The summed E-state index contributed by atoms with van der Waals surface area (Å²) in [6, 6.07) is 10.1. The predicted octanol–water partition coefficient (Wildman–Crippen LogP) is 3.83. The zero-order chi connectivity index (χ0) is 17.1. The number of nitrogens with one attached hydrogen (secondary N) is 2. The Labute approximate surface area is 146 Å². The maximum Gasteiger partial charge on any atom is 0.339 e. The SMILES string of the molecule is COC(=O)c1cc(NC(=O)c2cc(-c3cccs3)[nH]n2)ccc1Cl. The molecular weight excluding hydrogens is 350 g/mol. The lowest BCUT2D eigenvalue weighted by Crippen LogP contribution is -2.13. The Kier molecular flexibility index (Phi) is 4.64. The molecule has 3 aromatic rings. The molecule has 0 bridgehead atoms. The maximum absolute atomic E-state index is 12.3. The van der Waals surface area contributed by atoms with Gasteiger partial charge in [-0.05, 0) is 35.7 Å². The van der Waals surface area contributed by atoms with E-state index in [0.717, 1.165) is 10.6 Å². The lowest BCUT2D eigenvalue weighted by atomic mass is 10.2. The first-order valence-electron chi connectivity index (χ1n) is 6.87. The van der Waals surface area contributed by atoms with Gasteiger partial charge in [0.15, 0.2) is 5.69 Å². The summed E-state index contributed by atoms with van der Waals surface area (Å²) in [5.41, 5.74) is 1.61. The molecule has 0 aliphatic rings. The Hall–Kier alpha value is -2.64. The van der Waals surface area contributed by atoms with Crippen LogP contribution in [0.1, 0.15) is 20.8 Å². The van der Waals surface area contributed by atoms with Gasteiger partial charge in [-0.15, -0.1) is 11.3 Å². The number of nitrogens with zero attached hydrogens (tertiary/aromatic N) is 1. The number of H-pyrrole nitrogens is 1. The fraction of sp³-hybridized carbons (Fsp3) is 0.0625. The molecule has 0 unspecified atom stereocenters. The van der Waals surface area contributed by atoms with Crippen molar-refractivity contribution in [1.29, 1.82) is 0 Å². The molecule has 6 nitrogen and oxygen atoms in total. The number of ether oxygens (including phenoxy) is 1. The Morgan fingerprint density at radius 1 is 1.29 bits per heavy atom. The summed E-state index contributed by atoms with van der Waals surface area (Å²) >= 11 is 7.50. The quantitative estimate of drug-likeness (QED) is 0.692. The number of aromatic amines is 1. The standard InChI is InChI=1S/C16H12ClN3O3S/c1-23-16(22)10-7-9(4-5-11(10)17)18-15(21)13-8-12(19-20-13)14-3-2-6-24-14/h2-8H,1H3,(H,18,21)(H,19,20). The van der Waals surface area contributed by atoms with Crippen molar-refractivity contribution in [1.82, 2.24) is 10.2 Å². The molecule has 0 aliphatic heterocycles. The molecule has 0 fully saturated rings. The van der Waals surface area contributed by atoms with E-state index in [4.69, 9.17) is 11.6 Å². The van der Waals surface area contributed by atoms with Gasteiger partial charge in [0.25, 0.3) is 5.91 Å². The molecule has 0 saturated heterocycles. The molecule has 1 amide bonds. The van der Waals surface area contributed by atoms with Crippen LogP contribution in [0.5, 0.6) is 0 Å². The Morgan fingerprint density at radius 2 is 2.12 bits per heavy atom. The highest BCUT2D eigenvalue weighted by Crippen LogP contribution is 2.24. The first-order chi connectivity index (χ1) is 11.6. The maximum atomic E-state index is 12.3. The zero-order valence-electron chi connectivity index (χ0n) is 12.5. The van der Waals surface area contributed by atoms with Gasteiger partial charge in [-0.2, -0.15) is 5.10 Å². The van der Waals surface area contributed by atoms with Crippen LogP contribution in [-0.2, 0) is 4.74 Å². The zero-order valence-corrected chi connectivity index (χ0v) is 14.1. The molecule has 0 saturated carbocycles. The highest BCUT2D eigenvalue weighted by atomic mass is 35.5. The Morgan fingerprint density at radius 3 is 2.83 bits per heavy atom. The van der Waals surface area contributed by atoms with Crippen LogP contribution < -0.4 is 5.32 Å². The van der Waals surface area contributed by atoms with Crippen molar-refractivity contribution < 1.29 is 14.3 Å². The van der Waals surface area contributed by atoms with Crippen molar-refractivity contribution in [3.63, 3.8) is 0 Å². The van der Waals surface area contributed by atoms with Crippen LogP contribution >= 0.6 is 22.9 Å². The highest BCUT2D eigenvalue weighted by molar-refractivity contribution is 7.13. The lowest BCUT2D eigenvalue weighted by molar-refractivity contribution is 0.0600. The second-order valence-corrected chi connectivity index (χ2v) is 6.14. The van der Waals surface area contributed by atoms with Crippen molar-refractivity contribution in [2.24, 2.45) is 0 Å². The van der Waals surface area contributed by atoms with E-state index < -0.39 is 11.9 Å². The number of amides is 1. The minimum Gasteiger partial charge on any atom is -0.465 e. The number of thiophene rings is 1. The Balaban J connectivity index is 1.79. The molecule has 1 aromatic carbocycles. The highest BCUT2D eigenvalue weighted by Gasteiger charge is 2.15. The van der Waals surface area contributed by atoms with Crippen molar-refractivity contribution in [3.05, 3.63) is 58.1 Å². The van der Waals surface area contributed by atoms with Crippen LogP contribution in [0, 0.1) is 0 Å². The van der Waals surface area contributed by atoms with Gasteiger partial charge in [0.1, 0.15) is 0 Å². The van der Waals surface area contributed by atoms with Crippen LogP contribution in [0.15, 0.2) is 41.8 Å².